The van der Waals surface area contributed by atoms with Gasteiger partial charge in [0.05, 0.1) is 6.42 Å². The largest absolute Gasteiger partial charge is 0.462 e. The molecule has 0 aromatic carbocycles. The number of ether oxygens (including phenoxy) is 3. The fraction of sp³-hybridized carbons (Fsp3) is 0.779. The summed E-state index contributed by atoms with van der Waals surface area (Å²) in [6.07, 6.45) is 81.1. The van der Waals surface area contributed by atoms with Gasteiger partial charge in [0.1, 0.15) is 13.2 Å². The molecule has 0 rings (SSSR count). The average molecular weight is 1030 g/mol. The molecule has 428 valence electrons. The predicted molar refractivity (Wildman–Crippen MR) is 321 cm³/mol. The van der Waals surface area contributed by atoms with Gasteiger partial charge in [-0.25, -0.2) is 0 Å². The summed E-state index contributed by atoms with van der Waals surface area (Å²) in [6.45, 7) is 6.46. The van der Waals surface area contributed by atoms with Crippen molar-refractivity contribution < 1.29 is 28.6 Å². The molecule has 0 aromatic heterocycles. The Morgan fingerprint density at radius 1 is 0.297 bits per heavy atom. The molecule has 0 aliphatic carbocycles. The smallest absolute Gasteiger partial charge is 0.310 e. The van der Waals surface area contributed by atoms with Crippen LogP contribution in [0.2, 0.25) is 0 Å². The van der Waals surface area contributed by atoms with E-state index in [-0.39, 0.29) is 31.6 Å². The first kappa shape index (κ1) is 70.8. The molecular weight excluding hydrogens is 913 g/mol. The Morgan fingerprint density at radius 3 is 0.878 bits per heavy atom. The third-order valence-corrected chi connectivity index (χ3v) is 14.0. The molecule has 0 saturated carbocycles. The zero-order valence-corrected chi connectivity index (χ0v) is 49.1. The van der Waals surface area contributed by atoms with Gasteiger partial charge < -0.3 is 14.2 Å². The maximum Gasteiger partial charge on any atom is 0.310 e. The van der Waals surface area contributed by atoms with Gasteiger partial charge in [0.15, 0.2) is 6.10 Å². The minimum atomic E-state index is -0.826. The lowest BCUT2D eigenvalue weighted by Gasteiger charge is -2.18. The average Bonchev–Trinajstić information content (AvgIpc) is 3.40. The van der Waals surface area contributed by atoms with E-state index in [0.717, 1.165) is 70.6 Å². The zero-order chi connectivity index (χ0) is 53.6. The predicted octanol–water partition coefficient (Wildman–Crippen LogP) is 21.7. The Hall–Kier alpha value is -3.15. The number of esters is 3. The minimum Gasteiger partial charge on any atom is -0.462 e. The Bertz CT molecular complexity index is 1370. The lowest BCUT2D eigenvalue weighted by Crippen LogP contribution is -2.30. The Morgan fingerprint density at radius 2 is 0.568 bits per heavy atom. The maximum atomic E-state index is 12.8. The molecule has 6 nitrogen and oxygen atoms in total. The van der Waals surface area contributed by atoms with Crippen molar-refractivity contribution in [3.05, 3.63) is 72.9 Å². The number of hydrogen-bond acceptors (Lipinski definition) is 6. The van der Waals surface area contributed by atoms with Crippen molar-refractivity contribution in [3.63, 3.8) is 0 Å². The highest BCUT2D eigenvalue weighted by atomic mass is 16.6. The molecule has 0 radical (unpaired) electrons. The topological polar surface area (TPSA) is 78.9 Å². The molecule has 0 aromatic rings. The summed E-state index contributed by atoms with van der Waals surface area (Å²) >= 11 is 0. The summed E-state index contributed by atoms with van der Waals surface area (Å²) in [5.74, 6) is -1.03. The second-order valence-electron chi connectivity index (χ2n) is 21.3. The van der Waals surface area contributed by atoms with E-state index in [0.29, 0.717) is 12.8 Å². The Balaban J connectivity index is 4.14. The Kier molecular flexibility index (Phi) is 59.7. The summed E-state index contributed by atoms with van der Waals surface area (Å²) < 4.78 is 16.7. The second-order valence-corrected chi connectivity index (χ2v) is 21.3. The van der Waals surface area contributed by atoms with Gasteiger partial charge in [-0.15, -0.1) is 0 Å². The highest BCUT2D eigenvalue weighted by molar-refractivity contribution is 5.72. The van der Waals surface area contributed by atoms with Gasteiger partial charge in [-0.3, -0.25) is 14.4 Å². The summed E-state index contributed by atoms with van der Waals surface area (Å²) in [5.41, 5.74) is 0. The molecule has 0 amide bonds. The summed E-state index contributed by atoms with van der Waals surface area (Å²) in [6, 6.07) is 0. The molecule has 0 bridgehead atoms. The molecular formula is C68H120O6. The van der Waals surface area contributed by atoms with Crippen molar-refractivity contribution in [2.24, 2.45) is 0 Å². The van der Waals surface area contributed by atoms with Crippen LogP contribution in [0.4, 0.5) is 0 Å². The third-order valence-electron chi connectivity index (χ3n) is 14.0. The van der Waals surface area contributed by atoms with Crippen LogP contribution in [0, 0.1) is 0 Å². The molecule has 1 unspecified atom stereocenters. The fourth-order valence-corrected chi connectivity index (χ4v) is 9.22. The van der Waals surface area contributed by atoms with Crippen molar-refractivity contribution in [1.82, 2.24) is 0 Å². The van der Waals surface area contributed by atoms with Gasteiger partial charge in [-0.05, 0) is 70.6 Å². The number of unbranched alkanes of at least 4 members (excludes halogenated alkanes) is 36. The quantitative estimate of drug-likeness (QED) is 0.0261. The van der Waals surface area contributed by atoms with Crippen LogP contribution < -0.4 is 0 Å². The van der Waals surface area contributed by atoms with Crippen LogP contribution in [-0.4, -0.2) is 37.2 Å². The van der Waals surface area contributed by atoms with Gasteiger partial charge in [0.25, 0.3) is 0 Å². The van der Waals surface area contributed by atoms with Crippen LogP contribution in [0.5, 0.6) is 0 Å². The Labute approximate surface area is 459 Å². The molecule has 6 heteroatoms. The first-order valence-corrected chi connectivity index (χ1v) is 31.9. The van der Waals surface area contributed by atoms with Crippen molar-refractivity contribution in [2.75, 3.05) is 13.2 Å². The van der Waals surface area contributed by atoms with Crippen LogP contribution in [0.3, 0.4) is 0 Å². The zero-order valence-electron chi connectivity index (χ0n) is 49.1. The molecule has 0 spiro atoms. The molecule has 0 N–H and O–H groups in total. The van der Waals surface area contributed by atoms with E-state index in [1.165, 1.54) is 212 Å². The number of rotatable bonds is 58. The first-order valence-electron chi connectivity index (χ1n) is 31.9. The van der Waals surface area contributed by atoms with Gasteiger partial charge >= 0.3 is 17.9 Å². The summed E-state index contributed by atoms with van der Waals surface area (Å²) in [5, 5.41) is 0. The molecule has 0 fully saturated rings. The molecule has 1 atom stereocenters. The number of hydrogen-bond donors (Lipinski definition) is 0. The van der Waals surface area contributed by atoms with Gasteiger partial charge in [0, 0.05) is 12.8 Å². The van der Waals surface area contributed by atoms with Crippen LogP contribution in [0.15, 0.2) is 72.9 Å². The lowest BCUT2D eigenvalue weighted by molar-refractivity contribution is -0.166. The van der Waals surface area contributed by atoms with Gasteiger partial charge in [-0.2, -0.15) is 0 Å². The third kappa shape index (κ3) is 59.7. The van der Waals surface area contributed by atoms with E-state index in [1.807, 2.05) is 6.08 Å². The first-order chi connectivity index (χ1) is 36.5. The van der Waals surface area contributed by atoms with E-state index < -0.39 is 12.1 Å². The minimum absolute atomic E-state index is 0.100. The van der Waals surface area contributed by atoms with Crippen LogP contribution in [0.25, 0.3) is 0 Å². The lowest BCUT2D eigenvalue weighted by atomic mass is 10.0. The maximum absolute atomic E-state index is 12.8. The SMILES string of the molecule is CC/C=C\C/C=C\C/C=C\C/C=C\C/C=C\CC(=O)OC(COC(=O)CCCCCCCCCCCC)COC(=O)CCCCCCCCCCCCCCCCCCCCC/C=C\CCCCCCCCCC. The monoisotopic (exact) mass is 1030 g/mol. The van der Waals surface area contributed by atoms with Crippen molar-refractivity contribution in [2.45, 2.75) is 329 Å². The normalized spacial score (nSPS) is 12.5. The standard InChI is InChI=1S/C68H120O6/c1-4-7-10-13-16-19-22-24-26-27-28-29-30-31-32-33-34-35-36-37-38-39-40-41-43-44-46-49-52-55-58-61-67(70)73-64-65(63-72-66(69)60-57-54-51-48-21-18-15-12-9-6-3)74-68(71)62-59-56-53-50-47-45-42-25-23-20-17-14-11-8-5-2/h8,11,17,20,25,27-28,42,47,50,56,59,65H,4-7,9-10,12-16,18-19,21-24,26,29-41,43-46,48-49,51-55,57-58,60-64H2,1-3H3/b11-8-,20-17-,28-27-,42-25-,50-47-,59-56-. The summed E-state index contributed by atoms with van der Waals surface area (Å²) in [7, 11) is 0. The number of carbonyl (C=O) groups is 3. The van der Waals surface area contributed by atoms with Crippen LogP contribution in [-0.2, 0) is 28.6 Å². The van der Waals surface area contributed by atoms with Gasteiger partial charge in [0.2, 0.25) is 0 Å². The van der Waals surface area contributed by atoms with E-state index in [9.17, 15) is 14.4 Å². The molecule has 0 aliphatic heterocycles. The van der Waals surface area contributed by atoms with Crippen molar-refractivity contribution in [1.29, 1.82) is 0 Å². The van der Waals surface area contributed by atoms with E-state index in [2.05, 4.69) is 81.5 Å². The highest BCUT2D eigenvalue weighted by Crippen LogP contribution is 2.17. The molecule has 74 heavy (non-hydrogen) atoms. The van der Waals surface area contributed by atoms with Crippen LogP contribution in [0.1, 0.15) is 323 Å². The molecule has 0 aliphatic rings. The highest BCUT2D eigenvalue weighted by Gasteiger charge is 2.19. The molecule has 0 heterocycles. The van der Waals surface area contributed by atoms with E-state index >= 15 is 0 Å². The second kappa shape index (κ2) is 62.4. The molecule has 0 saturated heterocycles. The number of allylic oxidation sites excluding steroid dienone is 11. The van der Waals surface area contributed by atoms with Crippen LogP contribution >= 0.6 is 0 Å². The van der Waals surface area contributed by atoms with E-state index in [1.54, 1.807) is 6.08 Å². The van der Waals surface area contributed by atoms with Crippen molar-refractivity contribution in [3.8, 4) is 0 Å². The van der Waals surface area contributed by atoms with Gasteiger partial charge in [-0.1, -0.05) is 306 Å². The van der Waals surface area contributed by atoms with E-state index in [4.69, 9.17) is 14.2 Å². The fourth-order valence-electron chi connectivity index (χ4n) is 9.22. The summed E-state index contributed by atoms with van der Waals surface area (Å²) in [4.78, 5) is 38.0. The number of carbonyl (C=O) groups excluding carboxylic acids is 3. The van der Waals surface area contributed by atoms with Crippen molar-refractivity contribution >= 4 is 17.9 Å².